The van der Waals surface area contributed by atoms with Crippen LogP contribution in [0.3, 0.4) is 0 Å². The van der Waals surface area contributed by atoms with E-state index in [4.69, 9.17) is 10.5 Å². The molecule has 5 nitrogen and oxygen atoms in total. The second-order valence-corrected chi connectivity index (χ2v) is 3.97. The molecule has 3 rings (SSSR count). The van der Waals surface area contributed by atoms with Crippen molar-refractivity contribution in [3.8, 4) is 17.1 Å². The number of benzene rings is 1. The average Bonchev–Trinajstić information content (AvgIpc) is 2.82. The standard InChI is InChI=1S/C13H12N4O/c1-18-12-5-2-8(7-15-12)13-10-6-9(14)3-4-11(10)16-17-13/h2-7H,14H2,1H3,(H,16,17). The van der Waals surface area contributed by atoms with Gasteiger partial charge < -0.3 is 10.5 Å². The first-order valence-corrected chi connectivity index (χ1v) is 5.52. The number of fused-ring (bicyclic) bond motifs is 1. The number of nitrogens with one attached hydrogen (secondary N) is 1. The van der Waals surface area contributed by atoms with Gasteiger partial charge in [0, 0.05) is 28.9 Å². The SMILES string of the molecule is COc1ccc(-c2n[nH]c3ccc(N)cc23)cn1. The van der Waals surface area contributed by atoms with E-state index in [2.05, 4.69) is 15.2 Å². The van der Waals surface area contributed by atoms with Gasteiger partial charge in [0.05, 0.1) is 12.6 Å². The van der Waals surface area contributed by atoms with E-state index in [0.29, 0.717) is 11.6 Å². The number of aromatic nitrogens is 3. The number of aromatic amines is 1. The van der Waals surface area contributed by atoms with E-state index < -0.39 is 0 Å². The molecule has 0 fully saturated rings. The predicted octanol–water partition coefficient (Wildman–Crippen LogP) is 2.22. The van der Waals surface area contributed by atoms with Gasteiger partial charge in [-0.3, -0.25) is 5.10 Å². The predicted molar refractivity (Wildman–Crippen MR) is 70.3 cm³/mol. The zero-order chi connectivity index (χ0) is 12.5. The van der Waals surface area contributed by atoms with Crippen molar-refractivity contribution in [1.29, 1.82) is 0 Å². The van der Waals surface area contributed by atoms with Crippen LogP contribution < -0.4 is 10.5 Å². The Morgan fingerprint density at radius 3 is 2.83 bits per heavy atom. The number of hydrogen-bond donors (Lipinski definition) is 2. The molecule has 0 aliphatic heterocycles. The smallest absolute Gasteiger partial charge is 0.212 e. The van der Waals surface area contributed by atoms with E-state index in [1.54, 1.807) is 13.3 Å². The molecule has 0 spiro atoms. The van der Waals surface area contributed by atoms with Crippen molar-refractivity contribution < 1.29 is 4.74 Å². The molecule has 2 aromatic heterocycles. The van der Waals surface area contributed by atoms with E-state index in [-0.39, 0.29) is 0 Å². The zero-order valence-electron chi connectivity index (χ0n) is 9.84. The van der Waals surface area contributed by atoms with E-state index in [1.165, 1.54) is 0 Å². The molecule has 0 atom stereocenters. The maximum absolute atomic E-state index is 5.80. The maximum Gasteiger partial charge on any atom is 0.212 e. The molecule has 0 unspecified atom stereocenters. The Bertz CT molecular complexity index is 688. The Balaban J connectivity index is 2.15. The number of pyridine rings is 1. The summed E-state index contributed by atoms with van der Waals surface area (Å²) in [6.45, 7) is 0. The van der Waals surface area contributed by atoms with Crippen molar-refractivity contribution in [3.05, 3.63) is 36.5 Å². The van der Waals surface area contributed by atoms with Crippen LogP contribution in [0, 0.1) is 0 Å². The summed E-state index contributed by atoms with van der Waals surface area (Å²) in [7, 11) is 1.59. The highest BCUT2D eigenvalue weighted by atomic mass is 16.5. The number of H-pyrrole nitrogens is 1. The minimum Gasteiger partial charge on any atom is -0.481 e. The molecule has 3 aromatic rings. The van der Waals surface area contributed by atoms with Crippen LogP contribution in [-0.2, 0) is 0 Å². The summed E-state index contributed by atoms with van der Waals surface area (Å²) in [6, 6.07) is 9.39. The first kappa shape index (κ1) is 10.6. The summed E-state index contributed by atoms with van der Waals surface area (Å²) in [6.07, 6.45) is 1.73. The molecular formula is C13H12N4O. The van der Waals surface area contributed by atoms with Crippen molar-refractivity contribution in [2.45, 2.75) is 0 Å². The fourth-order valence-corrected chi connectivity index (χ4v) is 1.89. The highest BCUT2D eigenvalue weighted by Crippen LogP contribution is 2.27. The average molecular weight is 240 g/mol. The fraction of sp³-hybridized carbons (Fsp3) is 0.0769. The van der Waals surface area contributed by atoms with Crippen molar-refractivity contribution in [2.75, 3.05) is 12.8 Å². The van der Waals surface area contributed by atoms with Crippen LogP contribution in [0.1, 0.15) is 0 Å². The molecule has 5 heteroatoms. The van der Waals surface area contributed by atoms with Crippen LogP contribution in [0.5, 0.6) is 5.88 Å². The van der Waals surface area contributed by atoms with E-state index in [0.717, 1.165) is 22.2 Å². The molecule has 0 amide bonds. The Kier molecular flexibility index (Phi) is 2.37. The molecule has 90 valence electrons. The molecule has 0 saturated carbocycles. The van der Waals surface area contributed by atoms with Crippen molar-refractivity contribution in [3.63, 3.8) is 0 Å². The van der Waals surface area contributed by atoms with E-state index in [1.807, 2.05) is 30.3 Å². The first-order chi connectivity index (χ1) is 8.78. The maximum atomic E-state index is 5.80. The van der Waals surface area contributed by atoms with Gasteiger partial charge in [-0.2, -0.15) is 5.10 Å². The second-order valence-electron chi connectivity index (χ2n) is 3.97. The number of methoxy groups -OCH3 is 1. The first-order valence-electron chi connectivity index (χ1n) is 5.52. The lowest BCUT2D eigenvalue weighted by Crippen LogP contribution is -1.88. The summed E-state index contributed by atoms with van der Waals surface area (Å²) in [5, 5.41) is 8.27. The topological polar surface area (TPSA) is 76.8 Å². The van der Waals surface area contributed by atoms with Crippen LogP contribution in [0.15, 0.2) is 36.5 Å². The normalized spacial score (nSPS) is 10.7. The zero-order valence-corrected chi connectivity index (χ0v) is 9.84. The molecule has 18 heavy (non-hydrogen) atoms. The molecular weight excluding hydrogens is 228 g/mol. The van der Waals surface area contributed by atoms with Gasteiger partial charge in [-0.25, -0.2) is 4.98 Å². The number of anilines is 1. The largest absolute Gasteiger partial charge is 0.481 e. The van der Waals surface area contributed by atoms with Crippen LogP contribution in [-0.4, -0.2) is 22.3 Å². The van der Waals surface area contributed by atoms with Gasteiger partial charge in [0.25, 0.3) is 0 Å². The summed E-state index contributed by atoms with van der Waals surface area (Å²) in [5.74, 6) is 0.582. The summed E-state index contributed by atoms with van der Waals surface area (Å²) < 4.78 is 5.03. The van der Waals surface area contributed by atoms with Gasteiger partial charge in [0.15, 0.2) is 0 Å². The Morgan fingerprint density at radius 2 is 2.11 bits per heavy atom. The van der Waals surface area contributed by atoms with Gasteiger partial charge in [0.2, 0.25) is 5.88 Å². The minimum absolute atomic E-state index is 0.582. The van der Waals surface area contributed by atoms with E-state index in [9.17, 15) is 0 Å². The monoisotopic (exact) mass is 240 g/mol. The number of hydrogen-bond acceptors (Lipinski definition) is 4. The molecule has 3 N–H and O–H groups in total. The van der Waals surface area contributed by atoms with Gasteiger partial charge in [-0.1, -0.05) is 0 Å². The Morgan fingerprint density at radius 1 is 1.22 bits per heavy atom. The number of nitrogen functional groups attached to an aromatic ring is 1. The van der Waals surface area contributed by atoms with Crippen LogP contribution >= 0.6 is 0 Å². The molecule has 2 heterocycles. The van der Waals surface area contributed by atoms with E-state index >= 15 is 0 Å². The molecule has 1 aromatic carbocycles. The number of nitrogens with two attached hydrogens (primary N) is 1. The van der Waals surface area contributed by atoms with Crippen LogP contribution in [0.4, 0.5) is 5.69 Å². The van der Waals surface area contributed by atoms with Gasteiger partial charge in [-0.05, 0) is 24.3 Å². The summed E-state index contributed by atoms with van der Waals surface area (Å²) in [4.78, 5) is 4.18. The number of rotatable bonds is 2. The highest BCUT2D eigenvalue weighted by Gasteiger charge is 2.08. The molecule has 0 radical (unpaired) electrons. The lowest BCUT2D eigenvalue weighted by molar-refractivity contribution is 0.398. The summed E-state index contributed by atoms with van der Waals surface area (Å²) >= 11 is 0. The highest BCUT2D eigenvalue weighted by molar-refractivity contribution is 5.94. The van der Waals surface area contributed by atoms with Crippen molar-refractivity contribution >= 4 is 16.6 Å². The molecule has 0 aliphatic rings. The third kappa shape index (κ3) is 1.66. The summed E-state index contributed by atoms with van der Waals surface area (Å²) in [5.41, 5.74) is 9.23. The fourth-order valence-electron chi connectivity index (χ4n) is 1.89. The quantitative estimate of drug-likeness (QED) is 0.673. The third-order valence-electron chi connectivity index (χ3n) is 2.81. The lowest BCUT2D eigenvalue weighted by atomic mass is 10.1. The van der Waals surface area contributed by atoms with Crippen molar-refractivity contribution in [1.82, 2.24) is 15.2 Å². The van der Waals surface area contributed by atoms with Gasteiger partial charge in [-0.15, -0.1) is 0 Å². The molecule has 0 aliphatic carbocycles. The molecule has 0 bridgehead atoms. The Labute approximate surface area is 104 Å². The van der Waals surface area contributed by atoms with Crippen LogP contribution in [0.2, 0.25) is 0 Å². The lowest BCUT2D eigenvalue weighted by Gasteiger charge is -2.00. The number of nitrogens with zero attached hydrogens (tertiary/aromatic N) is 2. The van der Waals surface area contributed by atoms with Crippen LogP contribution in [0.25, 0.3) is 22.2 Å². The van der Waals surface area contributed by atoms with Gasteiger partial charge >= 0.3 is 0 Å². The third-order valence-corrected chi connectivity index (χ3v) is 2.81. The number of ether oxygens (including phenoxy) is 1. The Hall–Kier alpha value is -2.56. The van der Waals surface area contributed by atoms with Crippen molar-refractivity contribution in [2.24, 2.45) is 0 Å². The second kappa shape index (κ2) is 4.03. The van der Waals surface area contributed by atoms with Gasteiger partial charge in [0.1, 0.15) is 5.69 Å². The minimum atomic E-state index is 0.582. The molecule has 0 saturated heterocycles.